The van der Waals surface area contributed by atoms with Crippen molar-refractivity contribution in [3.8, 4) is 0 Å². The molecule has 1 unspecified atom stereocenters. The second kappa shape index (κ2) is 5.30. The van der Waals surface area contributed by atoms with Gasteiger partial charge in [0, 0.05) is 25.3 Å². The minimum absolute atomic E-state index is 0.0465. The van der Waals surface area contributed by atoms with Gasteiger partial charge in [0.15, 0.2) is 0 Å². The van der Waals surface area contributed by atoms with Crippen molar-refractivity contribution in [2.24, 2.45) is 0 Å². The molecule has 88 valence electrons. The predicted octanol–water partition coefficient (Wildman–Crippen LogP) is 0.462. The highest BCUT2D eigenvalue weighted by molar-refractivity contribution is 5.40. The molecule has 16 heavy (non-hydrogen) atoms. The first-order valence-corrected chi connectivity index (χ1v) is 5.57. The zero-order valence-electron chi connectivity index (χ0n) is 9.30. The Balaban J connectivity index is 1.94. The molecule has 1 atom stereocenters. The molecule has 0 bridgehead atoms. The number of nitrogens with zero attached hydrogens (tertiary/aromatic N) is 1. The minimum Gasteiger partial charge on any atom is -0.399 e. The van der Waals surface area contributed by atoms with Gasteiger partial charge in [0.1, 0.15) is 0 Å². The summed E-state index contributed by atoms with van der Waals surface area (Å²) in [6.45, 7) is 3.34. The highest BCUT2D eigenvalue weighted by Crippen LogP contribution is 2.12. The van der Waals surface area contributed by atoms with Gasteiger partial charge in [-0.15, -0.1) is 0 Å². The van der Waals surface area contributed by atoms with Gasteiger partial charge in [-0.05, 0) is 17.7 Å². The maximum atomic E-state index is 9.05. The Hall–Kier alpha value is -1.10. The summed E-state index contributed by atoms with van der Waals surface area (Å²) < 4.78 is 5.40. The van der Waals surface area contributed by atoms with Crippen LogP contribution in [0, 0.1) is 0 Å². The molecule has 1 saturated heterocycles. The molecule has 0 spiro atoms. The molecule has 0 radical (unpaired) electrons. The third-order valence-corrected chi connectivity index (χ3v) is 2.78. The van der Waals surface area contributed by atoms with E-state index in [1.54, 1.807) is 0 Å². The zero-order chi connectivity index (χ0) is 11.4. The molecule has 2 rings (SSSR count). The smallest absolute Gasteiger partial charge is 0.0933 e. The summed E-state index contributed by atoms with van der Waals surface area (Å²) in [7, 11) is 0. The van der Waals surface area contributed by atoms with Crippen LogP contribution < -0.4 is 5.73 Å². The van der Waals surface area contributed by atoms with Crippen LogP contribution in [0.1, 0.15) is 5.56 Å². The minimum atomic E-state index is -0.0465. The van der Waals surface area contributed by atoms with Crippen LogP contribution in [-0.4, -0.2) is 42.4 Å². The van der Waals surface area contributed by atoms with Crippen LogP contribution >= 0.6 is 0 Å². The number of rotatable bonds is 3. The molecule has 1 aromatic carbocycles. The summed E-state index contributed by atoms with van der Waals surface area (Å²) in [5.41, 5.74) is 7.74. The fraction of sp³-hybridized carbons (Fsp3) is 0.500. The largest absolute Gasteiger partial charge is 0.399 e. The van der Waals surface area contributed by atoms with Gasteiger partial charge in [-0.25, -0.2) is 0 Å². The number of hydrogen-bond acceptors (Lipinski definition) is 4. The number of nitrogen functional groups attached to an aromatic ring is 1. The van der Waals surface area contributed by atoms with Crippen molar-refractivity contribution in [1.29, 1.82) is 0 Å². The number of aliphatic hydroxyl groups is 1. The predicted molar refractivity (Wildman–Crippen MR) is 63.0 cm³/mol. The number of hydrogen-bond donors (Lipinski definition) is 2. The molecule has 4 heteroatoms. The van der Waals surface area contributed by atoms with Gasteiger partial charge in [0.2, 0.25) is 0 Å². The number of ether oxygens (including phenoxy) is 1. The summed E-state index contributed by atoms with van der Waals surface area (Å²) in [5.74, 6) is 0. The van der Waals surface area contributed by atoms with Gasteiger partial charge >= 0.3 is 0 Å². The quantitative estimate of drug-likeness (QED) is 0.730. The molecule has 4 nitrogen and oxygen atoms in total. The molecule has 0 aliphatic carbocycles. The van der Waals surface area contributed by atoms with E-state index in [1.807, 2.05) is 18.2 Å². The average Bonchev–Trinajstić information content (AvgIpc) is 2.29. The third-order valence-electron chi connectivity index (χ3n) is 2.78. The normalized spacial score (nSPS) is 22.2. The molecule has 0 amide bonds. The highest BCUT2D eigenvalue weighted by Gasteiger charge is 2.19. The van der Waals surface area contributed by atoms with E-state index in [0.29, 0.717) is 6.61 Å². The van der Waals surface area contributed by atoms with E-state index in [1.165, 1.54) is 5.56 Å². The molecule has 1 heterocycles. The van der Waals surface area contributed by atoms with E-state index in [-0.39, 0.29) is 12.7 Å². The second-order valence-electron chi connectivity index (χ2n) is 4.16. The number of anilines is 1. The molecule has 1 aromatic rings. The van der Waals surface area contributed by atoms with Crippen molar-refractivity contribution in [2.75, 3.05) is 32.0 Å². The van der Waals surface area contributed by atoms with E-state index in [4.69, 9.17) is 15.6 Å². The van der Waals surface area contributed by atoms with Crippen molar-refractivity contribution in [3.63, 3.8) is 0 Å². The summed E-state index contributed by atoms with van der Waals surface area (Å²) in [6.07, 6.45) is -0.0465. The van der Waals surface area contributed by atoms with Crippen LogP contribution in [0.15, 0.2) is 24.3 Å². The maximum Gasteiger partial charge on any atom is 0.0933 e. The Morgan fingerprint density at radius 1 is 1.50 bits per heavy atom. The Kier molecular flexibility index (Phi) is 3.77. The first-order valence-electron chi connectivity index (χ1n) is 5.57. The number of aliphatic hydroxyl groups excluding tert-OH is 1. The Morgan fingerprint density at radius 3 is 3.12 bits per heavy atom. The van der Waals surface area contributed by atoms with Crippen molar-refractivity contribution < 1.29 is 9.84 Å². The number of nitrogens with two attached hydrogens (primary N) is 1. The number of benzene rings is 1. The second-order valence-corrected chi connectivity index (χ2v) is 4.16. The third kappa shape index (κ3) is 2.95. The van der Waals surface area contributed by atoms with E-state index < -0.39 is 0 Å². The summed E-state index contributed by atoms with van der Waals surface area (Å²) in [4.78, 5) is 2.28. The lowest BCUT2D eigenvalue weighted by Gasteiger charge is -2.32. The summed E-state index contributed by atoms with van der Waals surface area (Å²) >= 11 is 0. The van der Waals surface area contributed by atoms with Crippen LogP contribution in [0.5, 0.6) is 0 Å². The molecule has 0 saturated carbocycles. The topological polar surface area (TPSA) is 58.7 Å². The van der Waals surface area contributed by atoms with Crippen molar-refractivity contribution >= 4 is 5.69 Å². The molecule has 1 aliphatic rings. The zero-order valence-corrected chi connectivity index (χ0v) is 9.30. The molecule has 1 aliphatic heterocycles. The lowest BCUT2D eigenvalue weighted by molar-refractivity contribution is -0.0550. The Morgan fingerprint density at radius 2 is 2.38 bits per heavy atom. The monoisotopic (exact) mass is 222 g/mol. The van der Waals surface area contributed by atoms with Gasteiger partial charge < -0.3 is 15.6 Å². The highest BCUT2D eigenvalue weighted by atomic mass is 16.5. The summed E-state index contributed by atoms with van der Waals surface area (Å²) in [5, 5.41) is 9.05. The lowest BCUT2D eigenvalue weighted by Crippen LogP contribution is -2.43. The first kappa shape index (κ1) is 11.4. The number of morpholine rings is 1. The van der Waals surface area contributed by atoms with Crippen molar-refractivity contribution in [3.05, 3.63) is 29.8 Å². The summed E-state index contributed by atoms with van der Waals surface area (Å²) in [6, 6.07) is 7.91. The molecule has 1 fully saturated rings. The molecular weight excluding hydrogens is 204 g/mol. The Labute approximate surface area is 95.6 Å². The standard InChI is InChI=1S/C12H18N2O2/c13-11-3-1-2-10(6-11)7-14-4-5-16-12(8-14)9-15/h1-3,6,12,15H,4-5,7-9,13H2. The Bertz CT molecular complexity index is 344. The van der Waals surface area contributed by atoms with Gasteiger partial charge in [-0.2, -0.15) is 0 Å². The van der Waals surface area contributed by atoms with E-state index in [9.17, 15) is 0 Å². The van der Waals surface area contributed by atoms with Gasteiger partial charge in [0.05, 0.1) is 19.3 Å². The van der Waals surface area contributed by atoms with E-state index in [0.717, 1.165) is 25.3 Å². The van der Waals surface area contributed by atoms with Crippen molar-refractivity contribution in [1.82, 2.24) is 4.90 Å². The van der Waals surface area contributed by atoms with Crippen LogP contribution in [-0.2, 0) is 11.3 Å². The first-order chi connectivity index (χ1) is 7.78. The fourth-order valence-electron chi connectivity index (χ4n) is 1.98. The maximum absolute atomic E-state index is 9.05. The van der Waals surface area contributed by atoms with Crippen LogP contribution in [0.2, 0.25) is 0 Å². The lowest BCUT2D eigenvalue weighted by atomic mass is 10.1. The van der Waals surface area contributed by atoms with Gasteiger partial charge in [-0.1, -0.05) is 12.1 Å². The molecular formula is C12H18N2O2. The molecule has 3 N–H and O–H groups in total. The SMILES string of the molecule is Nc1cccc(CN2CCOC(CO)C2)c1. The van der Waals surface area contributed by atoms with Crippen LogP contribution in [0.3, 0.4) is 0 Å². The molecule has 0 aromatic heterocycles. The average molecular weight is 222 g/mol. The fourth-order valence-corrected chi connectivity index (χ4v) is 1.98. The van der Waals surface area contributed by atoms with Crippen molar-refractivity contribution in [2.45, 2.75) is 12.6 Å². The van der Waals surface area contributed by atoms with Gasteiger partial charge in [-0.3, -0.25) is 4.90 Å². The van der Waals surface area contributed by atoms with E-state index in [2.05, 4.69) is 11.0 Å². The van der Waals surface area contributed by atoms with E-state index >= 15 is 0 Å². The van der Waals surface area contributed by atoms with Gasteiger partial charge in [0.25, 0.3) is 0 Å². The van der Waals surface area contributed by atoms with Crippen LogP contribution in [0.25, 0.3) is 0 Å². The van der Waals surface area contributed by atoms with Crippen LogP contribution in [0.4, 0.5) is 5.69 Å².